The monoisotopic (exact) mass is 291 g/mol. The lowest BCUT2D eigenvalue weighted by Gasteiger charge is -2.17. The lowest BCUT2D eigenvalue weighted by atomic mass is 10.2. The molecule has 1 aromatic rings. The predicted octanol–water partition coefficient (Wildman–Crippen LogP) is 0.986. The van der Waals surface area contributed by atoms with Crippen molar-refractivity contribution in [3.05, 3.63) is 24.3 Å². The first-order valence-electron chi connectivity index (χ1n) is 7.05. The van der Waals surface area contributed by atoms with Crippen molar-refractivity contribution in [1.29, 1.82) is 0 Å². The molecule has 1 aliphatic rings. The number of carbonyl (C=O) groups excluding carboxylic acids is 2. The van der Waals surface area contributed by atoms with Crippen LogP contribution in [0, 0.1) is 0 Å². The molecule has 1 fully saturated rings. The molecule has 1 saturated heterocycles. The second-order valence-corrected chi connectivity index (χ2v) is 5.21. The Morgan fingerprint density at radius 2 is 2.05 bits per heavy atom. The minimum absolute atomic E-state index is 0.0239. The Kier molecular flexibility index (Phi) is 5.16. The van der Waals surface area contributed by atoms with Crippen molar-refractivity contribution in [3.63, 3.8) is 0 Å². The fourth-order valence-electron chi connectivity index (χ4n) is 2.24. The number of para-hydroxylation sites is 2. The number of nitrogens with zero attached hydrogens (tertiary/aromatic N) is 1. The molecule has 0 aliphatic carbocycles. The second-order valence-electron chi connectivity index (χ2n) is 5.21. The molecule has 1 atom stereocenters. The third-order valence-corrected chi connectivity index (χ3v) is 3.35. The summed E-state index contributed by atoms with van der Waals surface area (Å²) in [4.78, 5) is 25.6. The lowest BCUT2D eigenvalue weighted by Crippen LogP contribution is -2.39. The van der Waals surface area contributed by atoms with E-state index in [9.17, 15) is 9.59 Å². The van der Waals surface area contributed by atoms with Gasteiger partial charge in [-0.1, -0.05) is 12.1 Å². The summed E-state index contributed by atoms with van der Waals surface area (Å²) in [6.45, 7) is 1.10. The van der Waals surface area contributed by atoms with Crippen LogP contribution in [0.25, 0.3) is 0 Å². The summed E-state index contributed by atoms with van der Waals surface area (Å²) in [6.07, 6.45) is 1.95. The van der Waals surface area contributed by atoms with Crippen molar-refractivity contribution in [1.82, 2.24) is 5.32 Å². The van der Waals surface area contributed by atoms with Crippen LogP contribution in [0.5, 0.6) is 0 Å². The van der Waals surface area contributed by atoms with Gasteiger partial charge >= 0.3 is 11.8 Å². The molecule has 21 heavy (non-hydrogen) atoms. The Labute approximate surface area is 124 Å². The molecule has 114 valence electrons. The fraction of sp³-hybridized carbons (Fsp3) is 0.467. The van der Waals surface area contributed by atoms with Gasteiger partial charge in [-0.05, 0) is 25.0 Å². The number of hydrogen-bond acceptors (Lipinski definition) is 4. The number of anilines is 2. The molecule has 0 radical (unpaired) electrons. The third-order valence-electron chi connectivity index (χ3n) is 3.35. The third kappa shape index (κ3) is 4.19. The number of nitrogens with one attached hydrogen (secondary N) is 2. The molecule has 2 amide bonds. The summed E-state index contributed by atoms with van der Waals surface area (Å²) in [5.41, 5.74) is 1.46. The van der Waals surface area contributed by atoms with Gasteiger partial charge in [-0.15, -0.1) is 0 Å². The van der Waals surface area contributed by atoms with Crippen LogP contribution < -0.4 is 15.5 Å². The molecule has 2 rings (SSSR count). The first-order chi connectivity index (χ1) is 10.1. The van der Waals surface area contributed by atoms with Crippen LogP contribution in [0.3, 0.4) is 0 Å². The van der Waals surface area contributed by atoms with Crippen LogP contribution >= 0.6 is 0 Å². The quantitative estimate of drug-likeness (QED) is 0.812. The maximum absolute atomic E-state index is 11.9. The Bertz CT molecular complexity index is 511. The summed E-state index contributed by atoms with van der Waals surface area (Å²) in [5, 5.41) is 5.24. The van der Waals surface area contributed by atoms with Crippen LogP contribution in [0.15, 0.2) is 24.3 Å². The van der Waals surface area contributed by atoms with E-state index in [1.807, 2.05) is 37.2 Å². The van der Waals surface area contributed by atoms with Gasteiger partial charge in [-0.2, -0.15) is 0 Å². The second kappa shape index (κ2) is 7.08. The van der Waals surface area contributed by atoms with E-state index in [0.717, 1.165) is 25.1 Å². The standard InChI is InChI=1S/C15H21N3O3/c1-18(2)13-8-4-3-7-12(13)17-15(20)14(19)16-10-11-6-5-9-21-11/h3-4,7-8,11H,5-6,9-10H2,1-2H3,(H,16,19)(H,17,20). The molecule has 1 aromatic carbocycles. The molecule has 1 aliphatic heterocycles. The zero-order valence-electron chi connectivity index (χ0n) is 12.4. The smallest absolute Gasteiger partial charge is 0.313 e. The molecule has 2 N–H and O–H groups in total. The number of ether oxygens (including phenoxy) is 1. The Balaban J connectivity index is 1.89. The van der Waals surface area contributed by atoms with Crippen LogP contribution in [-0.2, 0) is 14.3 Å². The highest BCUT2D eigenvalue weighted by Gasteiger charge is 2.20. The maximum atomic E-state index is 11.9. The Hall–Kier alpha value is -2.08. The van der Waals surface area contributed by atoms with Crippen molar-refractivity contribution in [2.45, 2.75) is 18.9 Å². The highest BCUT2D eigenvalue weighted by molar-refractivity contribution is 6.39. The van der Waals surface area contributed by atoms with Crippen LogP contribution in [-0.4, -0.2) is 45.2 Å². The average molecular weight is 291 g/mol. The number of benzene rings is 1. The van der Waals surface area contributed by atoms with E-state index in [-0.39, 0.29) is 6.10 Å². The molecule has 0 aromatic heterocycles. The van der Waals surface area contributed by atoms with Crippen molar-refractivity contribution in [3.8, 4) is 0 Å². The Morgan fingerprint density at radius 1 is 1.29 bits per heavy atom. The van der Waals surface area contributed by atoms with E-state index < -0.39 is 11.8 Å². The van der Waals surface area contributed by atoms with Gasteiger partial charge < -0.3 is 20.3 Å². The lowest BCUT2D eigenvalue weighted by molar-refractivity contribution is -0.136. The molecule has 1 heterocycles. The molecule has 1 unspecified atom stereocenters. The van der Waals surface area contributed by atoms with Crippen LogP contribution in [0.2, 0.25) is 0 Å². The van der Waals surface area contributed by atoms with Gasteiger partial charge in [0.05, 0.1) is 17.5 Å². The fourth-order valence-corrected chi connectivity index (χ4v) is 2.24. The zero-order valence-corrected chi connectivity index (χ0v) is 12.4. The number of rotatable bonds is 4. The van der Waals surface area contributed by atoms with Gasteiger partial charge in [-0.3, -0.25) is 9.59 Å². The summed E-state index contributed by atoms with van der Waals surface area (Å²) in [7, 11) is 3.75. The largest absolute Gasteiger partial charge is 0.376 e. The van der Waals surface area contributed by atoms with Gasteiger partial charge in [0.25, 0.3) is 0 Å². The maximum Gasteiger partial charge on any atom is 0.313 e. The molecule has 0 spiro atoms. The number of hydrogen-bond donors (Lipinski definition) is 2. The van der Waals surface area contributed by atoms with E-state index >= 15 is 0 Å². The predicted molar refractivity (Wildman–Crippen MR) is 81.4 cm³/mol. The summed E-state index contributed by atoms with van der Waals surface area (Å²) in [6, 6.07) is 7.33. The average Bonchev–Trinajstić information content (AvgIpc) is 2.98. The van der Waals surface area contributed by atoms with Crippen LogP contribution in [0.4, 0.5) is 11.4 Å². The van der Waals surface area contributed by atoms with Crippen molar-refractivity contribution in [2.75, 3.05) is 37.5 Å². The van der Waals surface area contributed by atoms with Crippen molar-refractivity contribution >= 4 is 23.2 Å². The first-order valence-corrected chi connectivity index (χ1v) is 7.05. The minimum atomic E-state index is -0.665. The van der Waals surface area contributed by atoms with Crippen molar-refractivity contribution < 1.29 is 14.3 Å². The SMILES string of the molecule is CN(C)c1ccccc1NC(=O)C(=O)NCC1CCCO1. The minimum Gasteiger partial charge on any atom is -0.376 e. The number of amides is 2. The van der Waals surface area contributed by atoms with Gasteiger partial charge in [0, 0.05) is 27.2 Å². The van der Waals surface area contributed by atoms with E-state index in [4.69, 9.17) is 4.74 Å². The highest BCUT2D eigenvalue weighted by Crippen LogP contribution is 2.23. The van der Waals surface area contributed by atoms with Crippen molar-refractivity contribution in [2.24, 2.45) is 0 Å². The molecular formula is C15H21N3O3. The van der Waals surface area contributed by atoms with Gasteiger partial charge in [0.15, 0.2) is 0 Å². The Morgan fingerprint density at radius 3 is 2.71 bits per heavy atom. The van der Waals surface area contributed by atoms with Gasteiger partial charge in [0.1, 0.15) is 0 Å². The number of carbonyl (C=O) groups is 2. The van der Waals surface area contributed by atoms with Gasteiger partial charge in [0.2, 0.25) is 0 Å². The van der Waals surface area contributed by atoms with E-state index in [2.05, 4.69) is 10.6 Å². The zero-order chi connectivity index (χ0) is 15.2. The molecule has 6 heteroatoms. The van der Waals surface area contributed by atoms with Crippen LogP contribution in [0.1, 0.15) is 12.8 Å². The molecule has 0 bridgehead atoms. The molecule has 6 nitrogen and oxygen atoms in total. The highest BCUT2D eigenvalue weighted by atomic mass is 16.5. The molecular weight excluding hydrogens is 270 g/mol. The topological polar surface area (TPSA) is 70.7 Å². The summed E-state index contributed by atoms with van der Waals surface area (Å²) >= 11 is 0. The summed E-state index contributed by atoms with van der Waals surface area (Å²) in [5.74, 6) is -1.30. The van der Waals surface area contributed by atoms with Gasteiger partial charge in [-0.25, -0.2) is 0 Å². The molecule has 0 saturated carbocycles. The first kappa shape index (κ1) is 15.3. The van der Waals surface area contributed by atoms with E-state index in [1.165, 1.54) is 0 Å². The van der Waals surface area contributed by atoms with E-state index in [1.54, 1.807) is 6.07 Å². The van der Waals surface area contributed by atoms with E-state index in [0.29, 0.717) is 12.2 Å². The normalized spacial score (nSPS) is 17.3. The summed E-state index contributed by atoms with van der Waals surface area (Å²) < 4.78 is 5.40.